The summed E-state index contributed by atoms with van der Waals surface area (Å²) in [6, 6.07) is 13.8. The average molecular weight is 388 g/mol. The van der Waals surface area contributed by atoms with Crippen LogP contribution in [0.1, 0.15) is 29.8 Å². The summed E-state index contributed by atoms with van der Waals surface area (Å²) in [4.78, 5) is 17.3. The molecular formula is C22H20N4OS. The Balaban J connectivity index is 1.35. The van der Waals surface area contributed by atoms with Gasteiger partial charge < -0.3 is 5.32 Å². The number of carbonyl (C=O) groups excluding carboxylic acids is 1. The van der Waals surface area contributed by atoms with Crippen LogP contribution in [0.15, 0.2) is 60.2 Å². The lowest BCUT2D eigenvalue weighted by Gasteiger charge is -2.24. The Labute approximate surface area is 167 Å². The lowest BCUT2D eigenvalue weighted by molar-refractivity contribution is 0.102. The molecule has 1 saturated carbocycles. The van der Waals surface area contributed by atoms with E-state index in [0.717, 1.165) is 29.1 Å². The SMILES string of the molecule is O=C(Nc1cnn(CC2CCC2)c1)c1cccc(-c2csc3ccccc23)n1. The molecule has 140 valence electrons. The highest BCUT2D eigenvalue weighted by Crippen LogP contribution is 2.33. The summed E-state index contributed by atoms with van der Waals surface area (Å²) in [6.45, 7) is 0.925. The van der Waals surface area contributed by atoms with Crippen LogP contribution in [0.2, 0.25) is 0 Å². The number of pyridine rings is 1. The number of amides is 1. The minimum Gasteiger partial charge on any atom is -0.318 e. The maximum atomic E-state index is 12.7. The summed E-state index contributed by atoms with van der Waals surface area (Å²) in [5.74, 6) is 0.506. The highest BCUT2D eigenvalue weighted by Gasteiger charge is 2.18. The Morgan fingerprint density at radius 1 is 1.18 bits per heavy atom. The summed E-state index contributed by atoms with van der Waals surface area (Å²) < 4.78 is 3.13. The molecular weight excluding hydrogens is 368 g/mol. The molecule has 0 saturated heterocycles. The molecule has 0 radical (unpaired) electrons. The topological polar surface area (TPSA) is 59.8 Å². The van der Waals surface area contributed by atoms with Crippen molar-refractivity contribution in [3.05, 3.63) is 65.9 Å². The molecule has 3 aromatic heterocycles. The molecule has 1 aliphatic carbocycles. The van der Waals surface area contributed by atoms with E-state index in [1.165, 1.54) is 24.0 Å². The molecule has 1 N–H and O–H groups in total. The van der Waals surface area contributed by atoms with E-state index in [4.69, 9.17) is 0 Å². The second-order valence-corrected chi connectivity index (χ2v) is 8.17. The van der Waals surface area contributed by atoms with Gasteiger partial charge in [0.25, 0.3) is 5.91 Å². The molecule has 0 atom stereocenters. The van der Waals surface area contributed by atoms with Gasteiger partial charge in [-0.3, -0.25) is 9.48 Å². The van der Waals surface area contributed by atoms with E-state index >= 15 is 0 Å². The molecule has 5 rings (SSSR count). The quantitative estimate of drug-likeness (QED) is 0.510. The van der Waals surface area contributed by atoms with Crippen LogP contribution < -0.4 is 5.32 Å². The van der Waals surface area contributed by atoms with Crippen LogP contribution in [-0.2, 0) is 6.54 Å². The average Bonchev–Trinajstić information content (AvgIpc) is 3.31. The number of thiophene rings is 1. The van der Waals surface area contributed by atoms with Crippen molar-refractivity contribution in [1.82, 2.24) is 14.8 Å². The second-order valence-electron chi connectivity index (χ2n) is 7.26. The molecule has 4 aromatic rings. The molecule has 0 aliphatic heterocycles. The zero-order chi connectivity index (χ0) is 18.9. The van der Waals surface area contributed by atoms with Gasteiger partial charge in [0, 0.05) is 33.8 Å². The van der Waals surface area contributed by atoms with Crippen LogP contribution in [0.5, 0.6) is 0 Å². The first-order valence-corrected chi connectivity index (χ1v) is 10.4. The van der Waals surface area contributed by atoms with Gasteiger partial charge in [0.1, 0.15) is 5.69 Å². The molecule has 1 aliphatic rings. The number of benzene rings is 1. The summed E-state index contributed by atoms with van der Waals surface area (Å²) in [5.41, 5.74) is 2.98. The second kappa shape index (κ2) is 7.20. The number of fused-ring (bicyclic) bond motifs is 1. The third-order valence-corrected chi connectivity index (χ3v) is 6.26. The Hall–Kier alpha value is -2.99. The lowest BCUT2D eigenvalue weighted by Crippen LogP contribution is -2.18. The summed E-state index contributed by atoms with van der Waals surface area (Å²) in [7, 11) is 0. The molecule has 5 nitrogen and oxygen atoms in total. The largest absolute Gasteiger partial charge is 0.318 e. The van der Waals surface area contributed by atoms with Crippen molar-refractivity contribution in [3.63, 3.8) is 0 Å². The van der Waals surface area contributed by atoms with Crippen molar-refractivity contribution in [1.29, 1.82) is 0 Å². The van der Waals surface area contributed by atoms with E-state index in [0.29, 0.717) is 11.4 Å². The van der Waals surface area contributed by atoms with Crippen molar-refractivity contribution >= 4 is 33.0 Å². The number of hydrogen-bond acceptors (Lipinski definition) is 4. The first kappa shape index (κ1) is 17.1. The molecule has 0 unspecified atom stereocenters. The first-order chi connectivity index (χ1) is 13.8. The van der Waals surface area contributed by atoms with Crippen LogP contribution in [0.3, 0.4) is 0 Å². The Kier molecular flexibility index (Phi) is 4.41. The summed E-state index contributed by atoms with van der Waals surface area (Å²) in [5, 5.41) is 10.5. The fraction of sp³-hybridized carbons (Fsp3) is 0.227. The van der Waals surface area contributed by atoms with E-state index < -0.39 is 0 Å². The third-order valence-electron chi connectivity index (χ3n) is 5.30. The third kappa shape index (κ3) is 3.31. The zero-order valence-corrected chi connectivity index (χ0v) is 16.2. The van der Waals surface area contributed by atoms with Gasteiger partial charge in [0.15, 0.2) is 0 Å². The maximum absolute atomic E-state index is 12.7. The zero-order valence-electron chi connectivity index (χ0n) is 15.3. The van der Waals surface area contributed by atoms with Crippen LogP contribution in [0.25, 0.3) is 21.3 Å². The first-order valence-electron chi connectivity index (χ1n) is 9.54. The van der Waals surface area contributed by atoms with Crippen molar-refractivity contribution in [2.24, 2.45) is 5.92 Å². The normalized spacial score (nSPS) is 14.1. The molecule has 1 aromatic carbocycles. The standard InChI is InChI=1S/C22H20N4OS/c27-22(24-16-11-23-26(13-16)12-15-5-3-6-15)20-9-4-8-19(25-20)18-14-28-21-10-2-1-7-17(18)21/h1-2,4,7-11,13-15H,3,5-6,12H2,(H,24,27). The van der Waals surface area contributed by atoms with E-state index in [1.54, 1.807) is 23.6 Å². The lowest BCUT2D eigenvalue weighted by atomic mass is 9.85. The fourth-order valence-electron chi connectivity index (χ4n) is 3.55. The number of nitrogens with zero attached hydrogens (tertiary/aromatic N) is 3. The maximum Gasteiger partial charge on any atom is 0.274 e. The van der Waals surface area contributed by atoms with Gasteiger partial charge >= 0.3 is 0 Å². The van der Waals surface area contributed by atoms with Crippen LogP contribution in [-0.4, -0.2) is 20.7 Å². The van der Waals surface area contributed by atoms with Crippen molar-refractivity contribution < 1.29 is 4.79 Å². The molecule has 0 spiro atoms. The summed E-state index contributed by atoms with van der Waals surface area (Å²) in [6.07, 6.45) is 7.46. The number of hydrogen-bond donors (Lipinski definition) is 1. The van der Waals surface area contributed by atoms with E-state index in [2.05, 4.69) is 32.9 Å². The van der Waals surface area contributed by atoms with Crippen molar-refractivity contribution in [3.8, 4) is 11.3 Å². The smallest absolute Gasteiger partial charge is 0.274 e. The van der Waals surface area contributed by atoms with E-state index in [1.807, 2.05) is 35.1 Å². The van der Waals surface area contributed by atoms with Gasteiger partial charge in [-0.1, -0.05) is 30.7 Å². The predicted octanol–water partition coefficient (Wildman–Crippen LogP) is 5.21. The van der Waals surface area contributed by atoms with Gasteiger partial charge in [-0.2, -0.15) is 5.10 Å². The number of carbonyl (C=O) groups is 1. The van der Waals surface area contributed by atoms with Crippen molar-refractivity contribution in [2.45, 2.75) is 25.8 Å². The molecule has 3 heterocycles. The van der Waals surface area contributed by atoms with Crippen LogP contribution >= 0.6 is 11.3 Å². The van der Waals surface area contributed by atoms with Gasteiger partial charge in [-0.25, -0.2) is 4.98 Å². The molecule has 1 amide bonds. The monoisotopic (exact) mass is 388 g/mol. The summed E-state index contributed by atoms with van der Waals surface area (Å²) >= 11 is 1.69. The number of nitrogens with one attached hydrogen (secondary N) is 1. The van der Waals surface area contributed by atoms with Crippen molar-refractivity contribution in [2.75, 3.05) is 5.32 Å². The van der Waals surface area contributed by atoms with Crippen LogP contribution in [0, 0.1) is 5.92 Å². The highest BCUT2D eigenvalue weighted by atomic mass is 32.1. The van der Waals surface area contributed by atoms with Gasteiger partial charge in [-0.05, 0) is 37.0 Å². The Bertz CT molecular complexity index is 1140. The fourth-order valence-corrected chi connectivity index (χ4v) is 4.50. The minimum absolute atomic E-state index is 0.218. The van der Waals surface area contributed by atoms with E-state index in [9.17, 15) is 4.79 Å². The van der Waals surface area contributed by atoms with Gasteiger partial charge in [0.05, 0.1) is 17.6 Å². The van der Waals surface area contributed by atoms with Crippen LogP contribution in [0.4, 0.5) is 5.69 Å². The molecule has 28 heavy (non-hydrogen) atoms. The van der Waals surface area contributed by atoms with E-state index in [-0.39, 0.29) is 5.91 Å². The highest BCUT2D eigenvalue weighted by molar-refractivity contribution is 7.17. The predicted molar refractivity (Wildman–Crippen MR) is 113 cm³/mol. The Morgan fingerprint density at radius 3 is 2.93 bits per heavy atom. The Morgan fingerprint density at radius 2 is 2.07 bits per heavy atom. The minimum atomic E-state index is -0.218. The molecule has 0 bridgehead atoms. The van der Waals surface area contributed by atoms with Gasteiger partial charge in [0.2, 0.25) is 0 Å². The molecule has 6 heteroatoms. The number of aromatic nitrogens is 3. The number of rotatable bonds is 5. The number of anilines is 1. The van der Waals surface area contributed by atoms with Gasteiger partial charge in [-0.15, -0.1) is 11.3 Å². The molecule has 1 fully saturated rings.